The number of unbranched alkanes of at least 4 members (excludes halogenated alkanes) is 1. The zero-order chi connectivity index (χ0) is 13.1. The largest absolute Gasteiger partial charge is 0.459 e. The number of esters is 2. The van der Waals surface area contributed by atoms with Gasteiger partial charge in [0.05, 0.1) is 0 Å². The predicted octanol–water partition coefficient (Wildman–Crippen LogP) is 2.29. The van der Waals surface area contributed by atoms with E-state index in [0.717, 1.165) is 25.7 Å². The SMILES string of the molecule is C=C1C[C@@H](CCCC[C@@H]2CC(=C)C(=O)O2)OC1=O. The fourth-order valence-corrected chi connectivity index (χ4v) is 2.34. The Morgan fingerprint density at radius 1 is 0.889 bits per heavy atom. The van der Waals surface area contributed by atoms with Crippen LogP contribution in [0.2, 0.25) is 0 Å². The van der Waals surface area contributed by atoms with Crippen LogP contribution in [-0.4, -0.2) is 24.1 Å². The van der Waals surface area contributed by atoms with Gasteiger partial charge < -0.3 is 9.47 Å². The normalized spacial score (nSPS) is 27.6. The fraction of sp³-hybridized carbons (Fsp3) is 0.571. The zero-order valence-corrected chi connectivity index (χ0v) is 10.4. The molecule has 2 aliphatic rings. The van der Waals surface area contributed by atoms with Crippen LogP contribution in [0.25, 0.3) is 0 Å². The summed E-state index contributed by atoms with van der Waals surface area (Å²) in [5.41, 5.74) is 1.14. The Kier molecular flexibility index (Phi) is 3.84. The highest BCUT2D eigenvalue weighted by molar-refractivity contribution is 5.90. The van der Waals surface area contributed by atoms with Crippen LogP contribution in [0.3, 0.4) is 0 Å². The van der Waals surface area contributed by atoms with Crippen molar-refractivity contribution in [3.8, 4) is 0 Å². The minimum absolute atomic E-state index is 0.00825. The van der Waals surface area contributed by atoms with Gasteiger partial charge in [-0.25, -0.2) is 9.59 Å². The summed E-state index contributed by atoms with van der Waals surface area (Å²) in [6.07, 6.45) is 4.91. The van der Waals surface area contributed by atoms with E-state index in [9.17, 15) is 9.59 Å². The molecule has 0 radical (unpaired) electrons. The molecule has 98 valence electrons. The molecule has 0 N–H and O–H groups in total. The number of carbonyl (C=O) groups is 2. The van der Waals surface area contributed by atoms with Crippen molar-refractivity contribution in [2.75, 3.05) is 0 Å². The summed E-state index contributed by atoms with van der Waals surface area (Å²) in [6.45, 7) is 7.30. The minimum atomic E-state index is -0.263. The number of rotatable bonds is 5. The predicted molar refractivity (Wildman–Crippen MR) is 65.7 cm³/mol. The van der Waals surface area contributed by atoms with Crippen LogP contribution in [0, 0.1) is 0 Å². The summed E-state index contributed by atoms with van der Waals surface area (Å²) in [4.78, 5) is 22.2. The van der Waals surface area contributed by atoms with Crippen molar-refractivity contribution in [2.45, 2.75) is 50.7 Å². The van der Waals surface area contributed by atoms with Crippen LogP contribution in [0.4, 0.5) is 0 Å². The van der Waals surface area contributed by atoms with E-state index in [1.54, 1.807) is 0 Å². The van der Waals surface area contributed by atoms with E-state index in [2.05, 4.69) is 13.2 Å². The lowest BCUT2D eigenvalue weighted by Crippen LogP contribution is -2.09. The first-order valence-electron chi connectivity index (χ1n) is 6.34. The van der Waals surface area contributed by atoms with Crippen molar-refractivity contribution < 1.29 is 19.1 Å². The Hall–Kier alpha value is -1.58. The summed E-state index contributed by atoms with van der Waals surface area (Å²) in [7, 11) is 0. The second-order valence-corrected chi connectivity index (χ2v) is 4.95. The molecule has 0 amide bonds. The second-order valence-electron chi connectivity index (χ2n) is 4.95. The van der Waals surface area contributed by atoms with Crippen LogP contribution in [0.5, 0.6) is 0 Å². The van der Waals surface area contributed by atoms with Gasteiger partial charge in [-0.2, -0.15) is 0 Å². The van der Waals surface area contributed by atoms with E-state index in [0.29, 0.717) is 24.0 Å². The molecule has 2 rings (SSSR count). The summed E-state index contributed by atoms with van der Waals surface area (Å²) in [6, 6.07) is 0. The van der Waals surface area contributed by atoms with Gasteiger partial charge >= 0.3 is 11.9 Å². The van der Waals surface area contributed by atoms with Gasteiger partial charge in [0.1, 0.15) is 12.2 Å². The first kappa shape index (κ1) is 12.9. The molecule has 2 saturated heterocycles. The highest BCUT2D eigenvalue weighted by atomic mass is 16.6. The van der Waals surface area contributed by atoms with E-state index in [-0.39, 0.29) is 24.1 Å². The lowest BCUT2D eigenvalue weighted by molar-refractivity contribution is -0.140. The smallest absolute Gasteiger partial charge is 0.333 e. The highest BCUT2D eigenvalue weighted by Crippen LogP contribution is 2.25. The molecular weight excluding hydrogens is 232 g/mol. The molecule has 4 heteroatoms. The summed E-state index contributed by atoms with van der Waals surface area (Å²) in [5.74, 6) is -0.526. The van der Waals surface area contributed by atoms with E-state index >= 15 is 0 Å². The third kappa shape index (κ3) is 3.00. The third-order valence-electron chi connectivity index (χ3n) is 3.38. The molecule has 4 nitrogen and oxygen atoms in total. The average Bonchev–Trinajstić information content (AvgIpc) is 2.79. The number of cyclic esters (lactones) is 2. The summed E-state index contributed by atoms with van der Waals surface area (Å²) in [5, 5.41) is 0. The summed E-state index contributed by atoms with van der Waals surface area (Å²) < 4.78 is 10.3. The second kappa shape index (κ2) is 5.38. The van der Waals surface area contributed by atoms with E-state index in [4.69, 9.17) is 9.47 Å². The molecule has 2 aliphatic heterocycles. The minimum Gasteiger partial charge on any atom is -0.459 e. The van der Waals surface area contributed by atoms with Gasteiger partial charge in [-0.1, -0.05) is 13.2 Å². The number of hydrogen-bond acceptors (Lipinski definition) is 4. The van der Waals surface area contributed by atoms with Crippen molar-refractivity contribution in [3.05, 3.63) is 24.3 Å². The van der Waals surface area contributed by atoms with Crippen molar-refractivity contribution >= 4 is 11.9 Å². The van der Waals surface area contributed by atoms with Gasteiger partial charge in [-0.3, -0.25) is 0 Å². The first-order valence-corrected chi connectivity index (χ1v) is 6.34. The van der Waals surface area contributed by atoms with Gasteiger partial charge in [0.2, 0.25) is 0 Å². The number of ether oxygens (including phenoxy) is 2. The maximum absolute atomic E-state index is 11.1. The van der Waals surface area contributed by atoms with E-state index < -0.39 is 0 Å². The Bertz CT molecular complexity index is 327. The Balaban J connectivity index is 1.60. The molecule has 2 heterocycles. The lowest BCUT2D eigenvalue weighted by atomic mass is 10.0. The Labute approximate surface area is 107 Å². The Morgan fingerprint density at radius 3 is 1.56 bits per heavy atom. The van der Waals surface area contributed by atoms with Crippen LogP contribution in [-0.2, 0) is 19.1 Å². The monoisotopic (exact) mass is 250 g/mol. The molecule has 0 saturated carbocycles. The molecule has 2 fully saturated rings. The quantitative estimate of drug-likeness (QED) is 0.427. The van der Waals surface area contributed by atoms with Crippen LogP contribution < -0.4 is 0 Å². The molecule has 0 aromatic carbocycles. The van der Waals surface area contributed by atoms with Gasteiger partial charge in [0.15, 0.2) is 0 Å². The standard InChI is InChI=1S/C14H18O4/c1-9-7-11(17-13(9)15)5-3-4-6-12-8-10(2)14(16)18-12/h11-12H,1-8H2/t11-,12-/m1/s1. The Morgan fingerprint density at radius 2 is 1.28 bits per heavy atom. The van der Waals surface area contributed by atoms with Gasteiger partial charge in [-0.05, 0) is 25.7 Å². The highest BCUT2D eigenvalue weighted by Gasteiger charge is 2.28. The average molecular weight is 250 g/mol. The molecule has 0 spiro atoms. The molecular formula is C14H18O4. The van der Waals surface area contributed by atoms with Gasteiger partial charge in [0, 0.05) is 24.0 Å². The van der Waals surface area contributed by atoms with Crippen molar-refractivity contribution in [3.63, 3.8) is 0 Å². The molecule has 18 heavy (non-hydrogen) atoms. The van der Waals surface area contributed by atoms with Crippen LogP contribution in [0.1, 0.15) is 38.5 Å². The third-order valence-corrected chi connectivity index (χ3v) is 3.38. The maximum Gasteiger partial charge on any atom is 0.333 e. The first-order chi connectivity index (χ1) is 8.56. The van der Waals surface area contributed by atoms with Crippen molar-refractivity contribution in [2.24, 2.45) is 0 Å². The molecule has 2 atom stereocenters. The van der Waals surface area contributed by atoms with E-state index in [1.165, 1.54) is 0 Å². The van der Waals surface area contributed by atoms with Gasteiger partial charge in [-0.15, -0.1) is 0 Å². The van der Waals surface area contributed by atoms with E-state index in [1.807, 2.05) is 0 Å². The van der Waals surface area contributed by atoms with Crippen LogP contribution in [0.15, 0.2) is 24.3 Å². The maximum atomic E-state index is 11.1. The molecule has 0 aromatic heterocycles. The molecule has 0 aliphatic carbocycles. The topological polar surface area (TPSA) is 52.6 Å². The molecule has 0 aromatic rings. The molecule has 0 unspecified atom stereocenters. The zero-order valence-electron chi connectivity index (χ0n) is 10.4. The number of carbonyl (C=O) groups excluding carboxylic acids is 2. The fourth-order valence-electron chi connectivity index (χ4n) is 2.34. The van der Waals surface area contributed by atoms with Crippen molar-refractivity contribution in [1.29, 1.82) is 0 Å². The molecule has 0 bridgehead atoms. The number of hydrogen-bond donors (Lipinski definition) is 0. The van der Waals surface area contributed by atoms with Crippen molar-refractivity contribution in [1.82, 2.24) is 0 Å². The lowest BCUT2D eigenvalue weighted by Gasteiger charge is -2.10. The van der Waals surface area contributed by atoms with Gasteiger partial charge in [0.25, 0.3) is 0 Å². The van der Waals surface area contributed by atoms with Crippen LogP contribution >= 0.6 is 0 Å². The summed E-state index contributed by atoms with van der Waals surface area (Å²) >= 11 is 0.